The molecule has 0 spiro atoms. The van der Waals surface area contributed by atoms with Gasteiger partial charge in [-0.15, -0.1) is 0 Å². The molecule has 0 aromatic rings. The van der Waals surface area contributed by atoms with Crippen LogP contribution in [-0.4, -0.2) is 74.7 Å². The van der Waals surface area contributed by atoms with Crippen LogP contribution < -0.4 is 0 Å². The molecule has 2 aliphatic heterocycles. The normalized spacial score (nSPS) is 32.3. The predicted octanol–water partition coefficient (Wildman–Crippen LogP) is 1.94. The minimum atomic E-state index is -3.34. The highest BCUT2D eigenvalue weighted by Crippen LogP contribution is 2.34. The number of sulfonamides is 1. The number of piperidine rings is 1. The minimum Gasteiger partial charge on any atom is -0.379 e. The summed E-state index contributed by atoms with van der Waals surface area (Å²) in [6.45, 7) is 4.47. The molecule has 1 saturated carbocycles. The molecule has 0 unspecified atom stereocenters. The molecule has 0 bridgehead atoms. The maximum Gasteiger partial charge on any atom is 0.241 e. The number of hydrogen-bond donors (Lipinski definition) is 0. The standard InChI is InChI=1S/C16H28F2N2O3S/c17-16(18)13-1-3-15(4-2-13)24(21,22)20-7-5-14(6-8-20)19-9-11-23-12-10-19/h13-16H,1-12H2. The lowest BCUT2D eigenvalue weighted by Gasteiger charge is -2.41. The molecular weight excluding hydrogens is 338 g/mol. The summed E-state index contributed by atoms with van der Waals surface area (Å²) >= 11 is 0. The Kier molecular flexibility index (Phi) is 6.11. The lowest BCUT2D eigenvalue weighted by molar-refractivity contribution is 0.00598. The average Bonchev–Trinajstić information content (AvgIpc) is 2.62. The van der Waals surface area contributed by atoms with E-state index in [0.717, 1.165) is 39.1 Å². The van der Waals surface area contributed by atoms with Crippen molar-refractivity contribution >= 4 is 10.0 Å². The Morgan fingerprint density at radius 1 is 0.875 bits per heavy atom. The van der Waals surface area contributed by atoms with E-state index in [4.69, 9.17) is 4.74 Å². The molecule has 0 aromatic heterocycles. The van der Waals surface area contributed by atoms with Gasteiger partial charge in [0.05, 0.1) is 18.5 Å². The highest BCUT2D eigenvalue weighted by atomic mass is 32.2. The summed E-state index contributed by atoms with van der Waals surface area (Å²) in [4.78, 5) is 2.40. The van der Waals surface area contributed by atoms with E-state index in [9.17, 15) is 17.2 Å². The maximum absolute atomic E-state index is 12.8. The van der Waals surface area contributed by atoms with Crippen LogP contribution in [0.1, 0.15) is 38.5 Å². The summed E-state index contributed by atoms with van der Waals surface area (Å²) in [7, 11) is -3.34. The van der Waals surface area contributed by atoms with Crippen LogP contribution in [0.5, 0.6) is 0 Å². The Hall–Kier alpha value is -0.310. The van der Waals surface area contributed by atoms with E-state index in [2.05, 4.69) is 4.90 Å². The van der Waals surface area contributed by atoms with Gasteiger partial charge in [0.2, 0.25) is 16.4 Å². The van der Waals surface area contributed by atoms with Crippen LogP contribution in [0.4, 0.5) is 8.78 Å². The number of nitrogens with zero attached hydrogens (tertiary/aromatic N) is 2. The fraction of sp³-hybridized carbons (Fsp3) is 1.00. The van der Waals surface area contributed by atoms with E-state index >= 15 is 0 Å². The number of morpholine rings is 1. The molecular formula is C16H28F2N2O3S. The highest BCUT2D eigenvalue weighted by Gasteiger charge is 2.39. The third-order valence-electron chi connectivity index (χ3n) is 5.84. The third kappa shape index (κ3) is 4.08. The molecule has 0 atom stereocenters. The molecule has 8 heteroatoms. The Balaban J connectivity index is 1.51. The molecule has 24 heavy (non-hydrogen) atoms. The van der Waals surface area contributed by atoms with Crippen LogP contribution in [0.3, 0.4) is 0 Å². The summed E-state index contributed by atoms with van der Waals surface area (Å²) in [6, 6.07) is 0.440. The van der Waals surface area contributed by atoms with Gasteiger partial charge < -0.3 is 4.74 Å². The SMILES string of the molecule is O=S(=O)(C1CCC(C(F)F)CC1)N1CCC(N2CCOCC2)CC1. The smallest absolute Gasteiger partial charge is 0.241 e. The van der Waals surface area contributed by atoms with Gasteiger partial charge in [-0.1, -0.05) is 0 Å². The minimum absolute atomic E-state index is 0.325. The van der Waals surface area contributed by atoms with Gasteiger partial charge in [0.25, 0.3) is 0 Å². The number of halogens is 2. The van der Waals surface area contributed by atoms with Crippen molar-refractivity contribution in [2.75, 3.05) is 39.4 Å². The zero-order chi connectivity index (χ0) is 17.2. The van der Waals surface area contributed by atoms with Crippen molar-refractivity contribution in [2.45, 2.75) is 56.2 Å². The third-order valence-corrected chi connectivity index (χ3v) is 8.24. The molecule has 140 valence electrons. The average molecular weight is 366 g/mol. The molecule has 1 aliphatic carbocycles. The van der Waals surface area contributed by atoms with Crippen molar-refractivity contribution in [3.63, 3.8) is 0 Å². The van der Waals surface area contributed by atoms with Crippen LogP contribution in [-0.2, 0) is 14.8 Å². The molecule has 2 saturated heterocycles. The van der Waals surface area contributed by atoms with Gasteiger partial charge in [0.1, 0.15) is 0 Å². The van der Waals surface area contributed by atoms with Crippen molar-refractivity contribution in [2.24, 2.45) is 5.92 Å². The Bertz CT molecular complexity index is 495. The molecule has 2 heterocycles. The van der Waals surface area contributed by atoms with E-state index in [0.29, 0.717) is 44.8 Å². The summed E-state index contributed by atoms with van der Waals surface area (Å²) < 4.78 is 58.1. The predicted molar refractivity (Wildman–Crippen MR) is 87.7 cm³/mol. The Morgan fingerprint density at radius 3 is 2.00 bits per heavy atom. The van der Waals surface area contributed by atoms with Crippen molar-refractivity contribution in [3.05, 3.63) is 0 Å². The Labute approximate surface area is 143 Å². The molecule has 0 amide bonds. The first-order valence-electron chi connectivity index (χ1n) is 9.07. The van der Waals surface area contributed by atoms with E-state index in [1.165, 1.54) is 0 Å². The lowest BCUT2D eigenvalue weighted by Crippen LogP contribution is -2.51. The molecule has 3 fully saturated rings. The van der Waals surface area contributed by atoms with E-state index in [1.807, 2.05) is 0 Å². The van der Waals surface area contributed by atoms with Gasteiger partial charge in [-0.25, -0.2) is 21.5 Å². The van der Waals surface area contributed by atoms with Crippen molar-refractivity contribution in [1.82, 2.24) is 9.21 Å². The van der Waals surface area contributed by atoms with Crippen molar-refractivity contribution in [3.8, 4) is 0 Å². The zero-order valence-corrected chi connectivity index (χ0v) is 14.9. The molecule has 5 nitrogen and oxygen atoms in total. The van der Waals surface area contributed by atoms with Gasteiger partial charge >= 0.3 is 0 Å². The van der Waals surface area contributed by atoms with Crippen molar-refractivity contribution < 1.29 is 21.9 Å². The van der Waals surface area contributed by atoms with Crippen LogP contribution in [0.15, 0.2) is 0 Å². The molecule has 3 aliphatic rings. The second kappa shape index (κ2) is 7.93. The quantitative estimate of drug-likeness (QED) is 0.763. The van der Waals surface area contributed by atoms with E-state index in [-0.39, 0.29) is 0 Å². The second-order valence-electron chi connectivity index (χ2n) is 7.19. The topological polar surface area (TPSA) is 49.9 Å². The molecule has 0 N–H and O–H groups in total. The fourth-order valence-electron chi connectivity index (χ4n) is 4.25. The molecule has 0 radical (unpaired) electrons. The van der Waals surface area contributed by atoms with Gasteiger partial charge in [0.15, 0.2) is 0 Å². The maximum atomic E-state index is 12.8. The summed E-state index contributed by atoms with van der Waals surface area (Å²) in [5.74, 6) is -0.622. The van der Waals surface area contributed by atoms with Crippen LogP contribution in [0, 0.1) is 5.92 Å². The lowest BCUT2D eigenvalue weighted by atomic mass is 9.89. The zero-order valence-electron chi connectivity index (χ0n) is 14.1. The summed E-state index contributed by atoms with van der Waals surface area (Å²) in [6.07, 6.45) is 0.786. The first kappa shape index (κ1) is 18.5. The van der Waals surface area contributed by atoms with Crippen LogP contribution in [0.2, 0.25) is 0 Å². The second-order valence-corrected chi connectivity index (χ2v) is 9.41. The monoisotopic (exact) mass is 366 g/mol. The molecule has 0 aromatic carbocycles. The van der Waals surface area contributed by atoms with Gasteiger partial charge in [0, 0.05) is 38.1 Å². The number of ether oxygens (including phenoxy) is 1. The van der Waals surface area contributed by atoms with Gasteiger partial charge in [-0.3, -0.25) is 4.90 Å². The van der Waals surface area contributed by atoms with Crippen molar-refractivity contribution in [1.29, 1.82) is 0 Å². The molecule has 3 rings (SSSR count). The van der Waals surface area contributed by atoms with Crippen LogP contribution in [0.25, 0.3) is 0 Å². The summed E-state index contributed by atoms with van der Waals surface area (Å²) in [5.41, 5.74) is 0. The van der Waals surface area contributed by atoms with E-state index in [1.54, 1.807) is 4.31 Å². The van der Waals surface area contributed by atoms with E-state index < -0.39 is 27.6 Å². The fourth-order valence-corrected chi connectivity index (χ4v) is 6.26. The first-order valence-corrected chi connectivity index (χ1v) is 10.6. The van der Waals surface area contributed by atoms with Crippen LogP contribution >= 0.6 is 0 Å². The van der Waals surface area contributed by atoms with Gasteiger partial charge in [-0.05, 0) is 38.5 Å². The first-order chi connectivity index (χ1) is 11.5. The largest absolute Gasteiger partial charge is 0.379 e. The summed E-state index contributed by atoms with van der Waals surface area (Å²) in [5, 5.41) is -0.465. The number of hydrogen-bond acceptors (Lipinski definition) is 4. The van der Waals surface area contributed by atoms with Gasteiger partial charge in [-0.2, -0.15) is 0 Å². The number of alkyl halides is 2. The Morgan fingerprint density at radius 2 is 1.46 bits per heavy atom. The highest BCUT2D eigenvalue weighted by molar-refractivity contribution is 7.89. The number of rotatable bonds is 4.